The molecule has 1 aromatic carbocycles. The van der Waals surface area contributed by atoms with Gasteiger partial charge in [0.25, 0.3) is 11.8 Å². The first-order valence-corrected chi connectivity index (χ1v) is 7.87. The molecule has 1 saturated heterocycles. The molecular weight excluding hydrogens is 338 g/mol. The molecule has 1 fully saturated rings. The average Bonchev–Trinajstić information content (AvgIpc) is 3.00. The van der Waals surface area contributed by atoms with Crippen LogP contribution < -0.4 is 10.6 Å². The molecule has 3 rings (SSSR count). The third-order valence-corrected chi connectivity index (χ3v) is 3.74. The lowest BCUT2D eigenvalue weighted by molar-refractivity contribution is -0.123. The van der Waals surface area contributed by atoms with E-state index in [1.54, 1.807) is 10.9 Å². The Balaban J connectivity index is 2.05. The van der Waals surface area contributed by atoms with E-state index in [-0.39, 0.29) is 10.7 Å². The highest BCUT2D eigenvalue weighted by atomic mass is 32.1. The van der Waals surface area contributed by atoms with Crippen LogP contribution in [0.2, 0.25) is 0 Å². The highest BCUT2D eigenvalue weighted by molar-refractivity contribution is 7.80. The molecule has 0 saturated carbocycles. The lowest BCUT2D eigenvalue weighted by Gasteiger charge is -2.16. The Morgan fingerprint density at radius 2 is 1.88 bits per heavy atom. The second-order valence-electron chi connectivity index (χ2n) is 5.27. The molecule has 7 nitrogen and oxygen atoms in total. The van der Waals surface area contributed by atoms with Gasteiger partial charge in [-0.15, -0.1) is 0 Å². The van der Waals surface area contributed by atoms with Crippen molar-refractivity contribution in [1.82, 2.24) is 20.4 Å². The molecule has 124 valence electrons. The van der Waals surface area contributed by atoms with Gasteiger partial charge in [0.1, 0.15) is 5.57 Å². The summed E-state index contributed by atoms with van der Waals surface area (Å²) in [4.78, 5) is 24.1. The number of nitriles is 1. The van der Waals surface area contributed by atoms with E-state index in [1.165, 1.54) is 6.08 Å². The van der Waals surface area contributed by atoms with Crippen LogP contribution in [-0.4, -0.2) is 26.7 Å². The van der Waals surface area contributed by atoms with Crippen molar-refractivity contribution in [1.29, 1.82) is 5.26 Å². The fraction of sp³-hybridized carbons (Fsp3) is 0.118. The predicted molar refractivity (Wildman–Crippen MR) is 94.8 cm³/mol. The Kier molecular flexibility index (Phi) is 4.68. The number of aryl methyl sites for hydroxylation is 1. The van der Waals surface area contributed by atoms with Crippen molar-refractivity contribution in [3.63, 3.8) is 0 Å². The van der Waals surface area contributed by atoms with Crippen molar-refractivity contribution in [2.24, 2.45) is 0 Å². The minimum atomic E-state index is -0.558. The molecule has 0 bridgehead atoms. The summed E-state index contributed by atoms with van der Waals surface area (Å²) in [6, 6.07) is 11.5. The van der Waals surface area contributed by atoms with E-state index < -0.39 is 11.8 Å². The van der Waals surface area contributed by atoms with Crippen LogP contribution in [0.1, 0.15) is 12.0 Å². The number of thiocarbonyl (C=S) groups is 1. The van der Waals surface area contributed by atoms with Crippen molar-refractivity contribution in [2.75, 3.05) is 0 Å². The Hall–Kier alpha value is -3.31. The number of aromatic nitrogens is 2. The van der Waals surface area contributed by atoms with Crippen LogP contribution in [0.25, 0.3) is 17.3 Å². The smallest absolute Gasteiger partial charge is 0.263 e. The third kappa shape index (κ3) is 3.62. The predicted octanol–water partition coefficient (Wildman–Crippen LogP) is 1.38. The van der Waals surface area contributed by atoms with Crippen LogP contribution in [-0.2, 0) is 16.1 Å². The summed E-state index contributed by atoms with van der Waals surface area (Å²) >= 11 is 4.79. The molecule has 1 aliphatic rings. The number of nitrogens with one attached hydrogen (secondary N) is 2. The van der Waals surface area contributed by atoms with E-state index >= 15 is 0 Å². The van der Waals surface area contributed by atoms with Gasteiger partial charge in [0.05, 0.1) is 24.7 Å². The van der Waals surface area contributed by atoms with Gasteiger partial charge >= 0.3 is 0 Å². The summed E-state index contributed by atoms with van der Waals surface area (Å²) in [5.41, 5.74) is 2.03. The zero-order valence-corrected chi connectivity index (χ0v) is 13.8. The number of hydrogen-bond donors (Lipinski definition) is 2. The molecule has 2 amide bonds. The standard InChI is InChI=1S/C17H13N5O2S/c18-7-4-8-22-10-12(14(21-22)11-5-2-1-3-6-11)9-13-15(23)19-17(25)20-16(13)24/h1-3,5-6,9-10H,4,8H2,(H2,19,20,23,24,25). The normalized spacial score (nSPS) is 13.9. The van der Waals surface area contributed by atoms with E-state index in [1.807, 2.05) is 30.3 Å². The second kappa shape index (κ2) is 7.07. The van der Waals surface area contributed by atoms with Crippen molar-refractivity contribution in [2.45, 2.75) is 13.0 Å². The van der Waals surface area contributed by atoms with Gasteiger partial charge in [-0.3, -0.25) is 24.9 Å². The topological polar surface area (TPSA) is 99.8 Å². The number of carbonyl (C=O) groups excluding carboxylic acids is 2. The SMILES string of the molecule is N#CCCn1cc(C=C2C(=O)NC(=S)NC2=O)c(-c2ccccc2)n1. The van der Waals surface area contributed by atoms with Gasteiger partial charge in [-0.1, -0.05) is 30.3 Å². The Bertz CT molecular complexity index is 902. The van der Waals surface area contributed by atoms with Crippen LogP contribution in [0.5, 0.6) is 0 Å². The highest BCUT2D eigenvalue weighted by Crippen LogP contribution is 2.24. The van der Waals surface area contributed by atoms with Crippen molar-refractivity contribution < 1.29 is 9.59 Å². The zero-order valence-electron chi connectivity index (χ0n) is 13.0. The van der Waals surface area contributed by atoms with Crippen LogP contribution in [0, 0.1) is 11.3 Å². The van der Waals surface area contributed by atoms with Gasteiger partial charge in [0.2, 0.25) is 0 Å². The summed E-state index contributed by atoms with van der Waals surface area (Å²) in [6.45, 7) is 0.419. The molecule has 2 aromatic rings. The molecule has 0 aliphatic carbocycles. The van der Waals surface area contributed by atoms with E-state index in [2.05, 4.69) is 21.8 Å². The molecule has 25 heavy (non-hydrogen) atoms. The van der Waals surface area contributed by atoms with Gasteiger partial charge in [-0.25, -0.2) is 0 Å². The Morgan fingerprint density at radius 1 is 1.20 bits per heavy atom. The van der Waals surface area contributed by atoms with Gasteiger partial charge in [0.15, 0.2) is 5.11 Å². The summed E-state index contributed by atoms with van der Waals surface area (Å²) in [6.07, 6.45) is 3.49. The fourth-order valence-electron chi connectivity index (χ4n) is 2.40. The molecule has 2 heterocycles. The molecule has 0 atom stereocenters. The quantitative estimate of drug-likeness (QED) is 0.492. The van der Waals surface area contributed by atoms with Crippen molar-refractivity contribution in [3.8, 4) is 17.3 Å². The second-order valence-corrected chi connectivity index (χ2v) is 5.67. The molecule has 8 heteroatoms. The Labute approximate surface area is 148 Å². The lowest BCUT2D eigenvalue weighted by atomic mass is 10.0. The van der Waals surface area contributed by atoms with E-state index in [9.17, 15) is 9.59 Å². The number of amides is 2. The van der Waals surface area contributed by atoms with Crippen LogP contribution in [0.4, 0.5) is 0 Å². The third-order valence-electron chi connectivity index (χ3n) is 3.53. The van der Waals surface area contributed by atoms with Gasteiger partial charge in [-0.2, -0.15) is 10.4 Å². The van der Waals surface area contributed by atoms with Crippen molar-refractivity contribution in [3.05, 3.63) is 47.7 Å². The first-order chi connectivity index (χ1) is 12.1. The summed E-state index contributed by atoms with van der Waals surface area (Å²) in [5, 5.41) is 18.0. The molecule has 0 radical (unpaired) electrons. The molecule has 1 aliphatic heterocycles. The molecular formula is C17H13N5O2S. The average molecular weight is 351 g/mol. The molecule has 0 spiro atoms. The molecule has 0 unspecified atom stereocenters. The van der Waals surface area contributed by atoms with E-state index in [4.69, 9.17) is 17.5 Å². The number of benzene rings is 1. The van der Waals surface area contributed by atoms with Crippen LogP contribution >= 0.6 is 12.2 Å². The molecule has 1 aromatic heterocycles. The monoisotopic (exact) mass is 351 g/mol. The van der Waals surface area contributed by atoms with Crippen LogP contribution in [0.3, 0.4) is 0 Å². The van der Waals surface area contributed by atoms with Gasteiger partial charge < -0.3 is 0 Å². The number of rotatable bonds is 4. The fourth-order valence-corrected chi connectivity index (χ4v) is 2.59. The minimum absolute atomic E-state index is 0.0138. The summed E-state index contributed by atoms with van der Waals surface area (Å²) in [5.74, 6) is -1.12. The minimum Gasteiger partial charge on any atom is -0.299 e. The lowest BCUT2D eigenvalue weighted by Crippen LogP contribution is -2.51. The van der Waals surface area contributed by atoms with E-state index in [0.29, 0.717) is 24.2 Å². The molecule has 2 N–H and O–H groups in total. The number of carbonyl (C=O) groups is 2. The maximum atomic E-state index is 12.0. The van der Waals surface area contributed by atoms with Crippen molar-refractivity contribution >= 4 is 35.2 Å². The number of hydrogen-bond acceptors (Lipinski definition) is 5. The van der Waals surface area contributed by atoms with Gasteiger partial charge in [0, 0.05) is 17.3 Å². The van der Waals surface area contributed by atoms with E-state index in [0.717, 1.165) is 5.56 Å². The first-order valence-electron chi connectivity index (χ1n) is 7.46. The summed E-state index contributed by atoms with van der Waals surface area (Å²) < 4.78 is 1.63. The number of nitrogens with zero attached hydrogens (tertiary/aromatic N) is 3. The zero-order chi connectivity index (χ0) is 17.8. The van der Waals surface area contributed by atoms with Gasteiger partial charge in [-0.05, 0) is 18.3 Å². The highest BCUT2D eigenvalue weighted by Gasteiger charge is 2.26. The van der Waals surface area contributed by atoms with Crippen LogP contribution in [0.15, 0.2) is 42.1 Å². The largest absolute Gasteiger partial charge is 0.299 e. The summed E-state index contributed by atoms with van der Waals surface area (Å²) in [7, 11) is 0. The maximum absolute atomic E-state index is 12.0. The first kappa shape index (κ1) is 16.5. The maximum Gasteiger partial charge on any atom is 0.263 e. The Morgan fingerprint density at radius 3 is 2.52 bits per heavy atom.